The summed E-state index contributed by atoms with van der Waals surface area (Å²) < 4.78 is 24.5. The van der Waals surface area contributed by atoms with Gasteiger partial charge < -0.3 is 49.6 Å². The molecule has 0 radical (unpaired) electrons. The van der Waals surface area contributed by atoms with Crippen molar-refractivity contribution in [2.75, 3.05) is 20.3 Å². The third kappa shape index (κ3) is 5.22. The number of methoxy groups -OCH3 is 1. The van der Waals surface area contributed by atoms with Crippen molar-refractivity contribution in [1.82, 2.24) is 0 Å². The van der Waals surface area contributed by atoms with E-state index in [9.17, 15) is 30.6 Å². The fraction of sp³-hybridized carbons (Fsp3) is 1.00. The molecule has 2 heterocycles. The highest BCUT2D eigenvalue weighted by Crippen LogP contribution is 2.71. The van der Waals surface area contributed by atoms with Crippen LogP contribution < -0.4 is 0 Å². The maximum absolute atomic E-state index is 10.7. The van der Waals surface area contributed by atoms with E-state index in [2.05, 4.69) is 27.7 Å². The van der Waals surface area contributed by atoms with Gasteiger partial charge in [-0.2, -0.15) is 0 Å². The van der Waals surface area contributed by atoms with E-state index in [1.165, 1.54) is 12.8 Å². The minimum Gasteiger partial charge on any atom is -0.394 e. The zero-order valence-electron chi connectivity index (χ0n) is 27.3. The molecule has 44 heavy (non-hydrogen) atoms. The van der Waals surface area contributed by atoms with Crippen LogP contribution in [0.5, 0.6) is 0 Å². The molecule has 18 unspecified atom stereocenters. The van der Waals surface area contributed by atoms with Gasteiger partial charge in [0.2, 0.25) is 0 Å². The maximum atomic E-state index is 10.7. The van der Waals surface area contributed by atoms with Crippen molar-refractivity contribution in [2.45, 2.75) is 140 Å². The van der Waals surface area contributed by atoms with Crippen molar-refractivity contribution < 1.29 is 49.6 Å². The first kappa shape index (κ1) is 33.5. The van der Waals surface area contributed by atoms with Gasteiger partial charge in [0.1, 0.15) is 24.4 Å². The fourth-order valence-corrected chi connectivity index (χ4v) is 11.6. The van der Waals surface area contributed by atoms with Crippen LogP contribution in [0.4, 0.5) is 0 Å². The molecule has 254 valence electrons. The lowest BCUT2D eigenvalue weighted by molar-refractivity contribution is -0.303. The number of ether oxygens (including phenoxy) is 4. The van der Waals surface area contributed by atoms with E-state index >= 15 is 0 Å². The Labute approximate surface area is 262 Å². The summed E-state index contributed by atoms with van der Waals surface area (Å²) in [6.45, 7) is 9.07. The first-order chi connectivity index (χ1) is 20.8. The summed E-state index contributed by atoms with van der Waals surface area (Å²) in [7, 11) is 1.76. The van der Waals surface area contributed by atoms with Crippen LogP contribution in [0.1, 0.15) is 85.5 Å². The summed E-state index contributed by atoms with van der Waals surface area (Å²) in [6, 6.07) is 0. The molecule has 0 aromatic heterocycles. The van der Waals surface area contributed by atoms with E-state index in [4.69, 9.17) is 18.9 Å². The summed E-state index contributed by atoms with van der Waals surface area (Å²) >= 11 is 0. The summed E-state index contributed by atoms with van der Waals surface area (Å²) in [5.41, 5.74) is 0.274. The summed E-state index contributed by atoms with van der Waals surface area (Å²) in [5, 5.41) is 61.0. The second kappa shape index (κ2) is 12.2. The molecule has 2 aliphatic heterocycles. The Morgan fingerprint density at radius 3 is 2.36 bits per heavy atom. The molecule has 18 atom stereocenters. The van der Waals surface area contributed by atoms with Crippen molar-refractivity contribution in [3.63, 3.8) is 0 Å². The van der Waals surface area contributed by atoms with Crippen LogP contribution in [0.25, 0.3) is 0 Å². The van der Waals surface area contributed by atoms with Crippen molar-refractivity contribution in [3.05, 3.63) is 0 Å². The third-order valence-corrected chi connectivity index (χ3v) is 14.1. The SMILES string of the molecule is COC1(CCC(C)COC2OC(CO)C(O)C(O)C2O)OC2CC3C4CCC5CC(O)C(O)CC5(C)C4CCC3(C)C2C1C. The zero-order valence-corrected chi connectivity index (χ0v) is 27.3. The van der Waals surface area contributed by atoms with Crippen molar-refractivity contribution in [1.29, 1.82) is 0 Å². The molecule has 6 aliphatic rings. The average molecular weight is 627 g/mol. The van der Waals surface area contributed by atoms with Gasteiger partial charge in [0.15, 0.2) is 12.1 Å². The van der Waals surface area contributed by atoms with Gasteiger partial charge in [-0.1, -0.05) is 27.7 Å². The lowest BCUT2D eigenvalue weighted by Gasteiger charge is -2.61. The van der Waals surface area contributed by atoms with Gasteiger partial charge in [0.25, 0.3) is 0 Å². The van der Waals surface area contributed by atoms with Crippen LogP contribution in [0, 0.1) is 52.3 Å². The van der Waals surface area contributed by atoms with E-state index in [1.54, 1.807) is 7.11 Å². The molecule has 0 aromatic carbocycles. The Balaban J connectivity index is 1.08. The number of aliphatic hydroxyl groups excluding tert-OH is 6. The number of hydrogen-bond donors (Lipinski definition) is 6. The summed E-state index contributed by atoms with van der Waals surface area (Å²) in [6.07, 6.45) is 1.27. The van der Waals surface area contributed by atoms with Crippen molar-refractivity contribution in [3.8, 4) is 0 Å². The van der Waals surface area contributed by atoms with E-state index in [1.807, 2.05) is 0 Å². The minimum absolute atomic E-state index is 0.0877. The lowest BCUT2D eigenvalue weighted by atomic mass is 9.44. The molecule has 0 bridgehead atoms. The molecule has 0 aromatic rings. The highest BCUT2D eigenvalue weighted by molar-refractivity contribution is 5.15. The second-order valence-electron chi connectivity index (χ2n) is 16.2. The van der Waals surface area contributed by atoms with Crippen LogP contribution in [0.15, 0.2) is 0 Å². The van der Waals surface area contributed by atoms with Gasteiger partial charge >= 0.3 is 0 Å². The van der Waals surface area contributed by atoms with Gasteiger partial charge in [-0.25, -0.2) is 0 Å². The molecule has 10 heteroatoms. The Bertz CT molecular complexity index is 1010. The van der Waals surface area contributed by atoms with Crippen LogP contribution in [-0.2, 0) is 18.9 Å². The van der Waals surface area contributed by atoms with Crippen molar-refractivity contribution in [2.24, 2.45) is 52.3 Å². The van der Waals surface area contributed by atoms with E-state index in [-0.39, 0.29) is 35.4 Å². The van der Waals surface area contributed by atoms with Crippen LogP contribution in [-0.4, -0.2) is 106 Å². The Morgan fingerprint density at radius 1 is 0.909 bits per heavy atom. The molecule has 0 spiro atoms. The second-order valence-corrected chi connectivity index (χ2v) is 16.2. The summed E-state index contributed by atoms with van der Waals surface area (Å²) in [5.74, 6) is 2.37. The highest BCUT2D eigenvalue weighted by Gasteiger charge is 2.69. The standard InChI is InChI=1S/C34H58O10/c1-17(16-42-31-30(40)29(39)28(38)26(15-35)43-31)8-11-34(41-5)18(2)27-25(44-34)13-22-20-7-6-19-12-23(36)24(37)14-33(19,4)21(20)9-10-32(22,27)3/h17-31,35-40H,6-16H2,1-5H3. The first-order valence-electron chi connectivity index (χ1n) is 17.3. The Morgan fingerprint density at radius 2 is 1.66 bits per heavy atom. The van der Waals surface area contributed by atoms with E-state index in [0.717, 1.165) is 32.1 Å². The quantitative estimate of drug-likeness (QED) is 0.236. The topological polar surface area (TPSA) is 158 Å². The van der Waals surface area contributed by atoms with Gasteiger partial charge in [-0.05, 0) is 97.7 Å². The van der Waals surface area contributed by atoms with E-state index < -0.39 is 55.3 Å². The normalized spacial score (nSPS) is 56.0. The van der Waals surface area contributed by atoms with Gasteiger partial charge in [-0.15, -0.1) is 0 Å². The average Bonchev–Trinajstić information content (AvgIpc) is 3.45. The molecular weight excluding hydrogens is 568 g/mol. The lowest BCUT2D eigenvalue weighted by Crippen LogP contribution is -2.59. The van der Waals surface area contributed by atoms with Crippen LogP contribution in [0.3, 0.4) is 0 Å². The number of hydrogen-bond acceptors (Lipinski definition) is 10. The van der Waals surface area contributed by atoms with Crippen LogP contribution >= 0.6 is 0 Å². The Kier molecular flexibility index (Phi) is 9.32. The Hall–Kier alpha value is -0.400. The zero-order chi connectivity index (χ0) is 31.8. The van der Waals surface area contributed by atoms with Gasteiger partial charge in [0, 0.05) is 19.4 Å². The fourth-order valence-electron chi connectivity index (χ4n) is 11.6. The largest absolute Gasteiger partial charge is 0.394 e. The molecule has 0 amide bonds. The van der Waals surface area contributed by atoms with Gasteiger partial charge in [0.05, 0.1) is 31.5 Å². The number of rotatable bonds is 8. The minimum atomic E-state index is -1.45. The molecule has 10 nitrogen and oxygen atoms in total. The summed E-state index contributed by atoms with van der Waals surface area (Å²) in [4.78, 5) is 0. The van der Waals surface area contributed by atoms with Gasteiger partial charge in [-0.3, -0.25) is 0 Å². The monoisotopic (exact) mass is 626 g/mol. The molecule has 4 saturated carbocycles. The molecule has 6 N–H and O–H groups in total. The smallest absolute Gasteiger partial charge is 0.186 e. The molecular formula is C34H58O10. The van der Waals surface area contributed by atoms with E-state index in [0.29, 0.717) is 42.4 Å². The first-order valence-corrected chi connectivity index (χ1v) is 17.3. The third-order valence-electron chi connectivity index (χ3n) is 14.1. The predicted molar refractivity (Wildman–Crippen MR) is 160 cm³/mol. The predicted octanol–water partition coefficient (Wildman–Crippen LogP) is 2.20. The molecule has 6 rings (SSSR count). The highest BCUT2D eigenvalue weighted by atomic mass is 16.7. The van der Waals surface area contributed by atoms with Crippen molar-refractivity contribution >= 4 is 0 Å². The van der Waals surface area contributed by atoms with Crippen LogP contribution in [0.2, 0.25) is 0 Å². The number of fused-ring (bicyclic) bond motifs is 7. The maximum Gasteiger partial charge on any atom is 0.186 e. The molecule has 4 aliphatic carbocycles. The molecule has 2 saturated heterocycles. The number of aliphatic hydroxyl groups is 6. The molecule has 6 fully saturated rings.